The molecule has 80 valence electrons. The second-order valence-electron chi connectivity index (χ2n) is 2.19. The van der Waals surface area contributed by atoms with Crippen LogP contribution in [-0.2, 0) is 20.2 Å². The van der Waals surface area contributed by atoms with Crippen LogP contribution in [0.1, 0.15) is 6.92 Å². The molecule has 0 bridgehead atoms. The molecular weight excluding hydrogens is 234 g/mol. The van der Waals surface area contributed by atoms with Crippen molar-refractivity contribution in [2.75, 3.05) is 0 Å². The number of halogens is 2. The lowest BCUT2D eigenvalue weighted by molar-refractivity contribution is 0.0774. The number of hydrogen-bond acceptors (Lipinski definition) is 4. The molecule has 2 N–H and O–H groups in total. The first-order chi connectivity index (χ1) is 5.40. The lowest BCUT2D eigenvalue weighted by Crippen LogP contribution is -2.43. The molecule has 0 heterocycles. The average molecular weight is 240 g/mol. The molecule has 0 aliphatic carbocycles. The average Bonchev–Trinajstić information content (AvgIpc) is 1.81. The predicted octanol–water partition coefficient (Wildman–Crippen LogP) is -0.257. The van der Waals surface area contributed by atoms with Crippen LogP contribution in [-0.4, -0.2) is 36.4 Å². The fourth-order valence-corrected chi connectivity index (χ4v) is 1.88. The van der Waals surface area contributed by atoms with Crippen molar-refractivity contribution in [1.82, 2.24) is 0 Å². The molecule has 0 aromatic rings. The first kappa shape index (κ1) is 12.7. The van der Waals surface area contributed by atoms with Gasteiger partial charge in [0.05, 0.1) is 0 Å². The molecule has 0 aliphatic rings. The van der Waals surface area contributed by atoms with E-state index in [9.17, 15) is 25.6 Å². The minimum absolute atomic E-state index is 0.253. The molecule has 0 aromatic heterocycles. The quantitative estimate of drug-likeness (QED) is 0.658. The Hall–Kier alpha value is -0.320. The largest absolute Gasteiger partial charge is 0.388 e. The van der Waals surface area contributed by atoms with Crippen LogP contribution in [0.2, 0.25) is 0 Å². The summed E-state index contributed by atoms with van der Waals surface area (Å²) in [4.78, 5) is 0. The molecule has 0 saturated carbocycles. The minimum atomic E-state index is -5.86. The summed E-state index contributed by atoms with van der Waals surface area (Å²) in [5, 5.41) is -7.85. The molecule has 0 aromatic carbocycles. The lowest BCUT2D eigenvalue weighted by Gasteiger charge is -2.17. The molecule has 1 unspecified atom stereocenters. The van der Waals surface area contributed by atoms with Crippen molar-refractivity contribution >= 4 is 20.2 Å². The summed E-state index contributed by atoms with van der Waals surface area (Å²) in [6.45, 7) is 0.253. The van der Waals surface area contributed by atoms with Crippen LogP contribution in [0.15, 0.2) is 0 Å². The highest BCUT2D eigenvalue weighted by atomic mass is 32.2. The maximum Gasteiger partial charge on any atom is 0.388 e. The first-order valence-corrected chi connectivity index (χ1v) is 5.66. The molecule has 0 spiro atoms. The van der Waals surface area contributed by atoms with Crippen molar-refractivity contribution < 1.29 is 34.7 Å². The molecular formula is C3H6F2O6S2. The lowest BCUT2D eigenvalue weighted by atomic mass is 10.5. The Morgan fingerprint density at radius 3 is 1.54 bits per heavy atom. The zero-order valence-corrected chi connectivity index (χ0v) is 7.81. The van der Waals surface area contributed by atoms with Crippen LogP contribution in [0.25, 0.3) is 0 Å². The van der Waals surface area contributed by atoms with Crippen molar-refractivity contribution in [3.63, 3.8) is 0 Å². The van der Waals surface area contributed by atoms with Crippen LogP contribution in [0.3, 0.4) is 0 Å². The van der Waals surface area contributed by atoms with Gasteiger partial charge in [-0.1, -0.05) is 0 Å². The minimum Gasteiger partial charge on any atom is -0.285 e. The fourth-order valence-electron chi connectivity index (χ4n) is 0.383. The van der Waals surface area contributed by atoms with E-state index in [0.29, 0.717) is 0 Å². The molecule has 0 radical (unpaired) electrons. The van der Waals surface area contributed by atoms with E-state index in [4.69, 9.17) is 9.11 Å². The highest BCUT2D eigenvalue weighted by Crippen LogP contribution is 2.28. The topological polar surface area (TPSA) is 109 Å². The summed E-state index contributed by atoms with van der Waals surface area (Å²) in [6.07, 6.45) is 0. The van der Waals surface area contributed by atoms with Crippen molar-refractivity contribution in [3.8, 4) is 0 Å². The van der Waals surface area contributed by atoms with Crippen LogP contribution in [0.4, 0.5) is 8.78 Å². The van der Waals surface area contributed by atoms with E-state index in [-0.39, 0.29) is 6.92 Å². The Bertz CT molecular complexity index is 380. The number of alkyl halides is 2. The highest BCUT2D eigenvalue weighted by molar-refractivity contribution is 7.90. The molecule has 13 heavy (non-hydrogen) atoms. The fraction of sp³-hybridized carbons (Fsp3) is 1.00. The van der Waals surface area contributed by atoms with Crippen LogP contribution < -0.4 is 0 Å². The van der Waals surface area contributed by atoms with Gasteiger partial charge in [-0.05, 0) is 6.92 Å². The zero-order valence-electron chi connectivity index (χ0n) is 6.18. The van der Waals surface area contributed by atoms with Crippen molar-refractivity contribution in [2.45, 2.75) is 17.4 Å². The summed E-state index contributed by atoms with van der Waals surface area (Å²) in [5.41, 5.74) is 0. The molecule has 0 fully saturated rings. The van der Waals surface area contributed by atoms with Gasteiger partial charge in [-0.15, -0.1) is 0 Å². The predicted molar refractivity (Wildman–Crippen MR) is 37.5 cm³/mol. The van der Waals surface area contributed by atoms with Gasteiger partial charge in [-0.25, -0.2) is 0 Å². The van der Waals surface area contributed by atoms with Crippen molar-refractivity contribution in [3.05, 3.63) is 0 Å². The van der Waals surface area contributed by atoms with E-state index in [2.05, 4.69) is 0 Å². The zero-order chi connectivity index (χ0) is 11.1. The molecule has 0 aliphatic heterocycles. The molecule has 0 rings (SSSR count). The van der Waals surface area contributed by atoms with Gasteiger partial charge in [-0.3, -0.25) is 9.11 Å². The standard InChI is InChI=1S/C3H6F2O6S2/c1-2(12(6,7)8)3(4,5)13(9,10)11/h2H,1H3,(H,6,7,8)(H,9,10,11). The van der Waals surface area contributed by atoms with Crippen LogP contribution in [0, 0.1) is 0 Å². The van der Waals surface area contributed by atoms with Gasteiger partial charge in [0.1, 0.15) is 0 Å². The summed E-state index contributed by atoms with van der Waals surface area (Å²) in [7, 11) is -11.1. The Balaban J connectivity index is 5.35. The summed E-state index contributed by atoms with van der Waals surface area (Å²) >= 11 is 0. The second kappa shape index (κ2) is 3.12. The maximum atomic E-state index is 12.4. The SMILES string of the molecule is CC(C(F)(F)S(=O)(=O)O)S(=O)(=O)O. The smallest absolute Gasteiger partial charge is 0.285 e. The third-order valence-electron chi connectivity index (χ3n) is 1.26. The Morgan fingerprint density at radius 1 is 1.15 bits per heavy atom. The van der Waals surface area contributed by atoms with E-state index in [1.54, 1.807) is 0 Å². The maximum absolute atomic E-state index is 12.4. The Kier molecular flexibility index (Phi) is 3.04. The van der Waals surface area contributed by atoms with E-state index in [0.717, 1.165) is 0 Å². The van der Waals surface area contributed by atoms with E-state index in [1.807, 2.05) is 0 Å². The summed E-state index contributed by atoms with van der Waals surface area (Å²) in [6, 6.07) is 0. The van der Waals surface area contributed by atoms with Gasteiger partial charge in [0.2, 0.25) is 0 Å². The van der Waals surface area contributed by atoms with E-state index >= 15 is 0 Å². The van der Waals surface area contributed by atoms with Gasteiger partial charge in [0, 0.05) is 0 Å². The molecule has 1 atom stereocenters. The molecule has 0 saturated heterocycles. The Morgan fingerprint density at radius 2 is 1.46 bits per heavy atom. The van der Waals surface area contributed by atoms with Crippen LogP contribution in [0.5, 0.6) is 0 Å². The Labute approximate surface area is 73.1 Å². The van der Waals surface area contributed by atoms with Crippen molar-refractivity contribution in [2.24, 2.45) is 0 Å². The first-order valence-electron chi connectivity index (χ1n) is 2.72. The van der Waals surface area contributed by atoms with Crippen molar-refractivity contribution in [1.29, 1.82) is 0 Å². The van der Waals surface area contributed by atoms with Crippen LogP contribution >= 0.6 is 0 Å². The van der Waals surface area contributed by atoms with Gasteiger partial charge in [0.25, 0.3) is 10.1 Å². The summed E-state index contributed by atoms with van der Waals surface area (Å²) in [5.74, 6) is 0. The normalized spacial score (nSPS) is 17.0. The van der Waals surface area contributed by atoms with Gasteiger partial charge in [-0.2, -0.15) is 25.6 Å². The van der Waals surface area contributed by atoms with Gasteiger partial charge in [0.15, 0.2) is 5.25 Å². The molecule has 10 heteroatoms. The van der Waals surface area contributed by atoms with E-state index in [1.165, 1.54) is 0 Å². The molecule has 6 nitrogen and oxygen atoms in total. The number of rotatable bonds is 3. The van der Waals surface area contributed by atoms with E-state index < -0.39 is 30.7 Å². The van der Waals surface area contributed by atoms with Gasteiger partial charge >= 0.3 is 15.4 Å². The summed E-state index contributed by atoms with van der Waals surface area (Å²) < 4.78 is 81.1. The van der Waals surface area contributed by atoms with Gasteiger partial charge < -0.3 is 0 Å². The number of hydrogen-bond donors (Lipinski definition) is 2. The monoisotopic (exact) mass is 240 g/mol. The third kappa shape index (κ3) is 2.56. The highest BCUT2D eigenvalue weighted by Gasteiger charge is 2.55. The second-order valence-corrected chi connectivity index (χ2v) is 5.43. The third-order valence-corrected chi connectivity index (χ3v) is 3.64. The molecule has 0 amide bonds.